The molecule has 0 fully saturated rings. The highest BCUT2D eigenvalue weighted by atomic mass is 35.5. The lowest BCUT2D eigenvalue weighted by atomic mass is 10.2. The molecule has 0 heterocycles. The van der Waals surface area contributed by atoms with Crippen LogP contribution in [-0.2, 0) is 10.0 Å². The van der Waals surface area contributed by atoms with Gasteiger partial charge in [0.1, 0.15) is 11.6 Å². The summed E-state index contributed by atoms with van der Waals surface area (Å²) in [6, 6.07) is 7.33. The van der Waals surface area contributed by atoms with Crippen molar-refractivity contribution in [2.75, 3.05) is 12.4 Å². The largest absolute Gasteiger partial charge is 0.495 e. The third-order valence-corrected chi connectivity index (χ3v) is 5.19. The van der Waals surface area contributed by atoms with Gasteiger partial charge in [-0.05, 0) is 50.2 Å². The number of hydrogen-bond acceptors (Lipinski definition) is 4. The second kappa shape index (κ2) is 8.03. The number of ether oxygens (including phenoxy) is 1. The van der Waals surface area contributed by atoms with Crippen LogP contribution in [0.4, 0.5) is 10.1 Å². The first-order chi connectivity index (χ1) is 12.1. The molecule has 0 saturated carbocycles. The number of carbonyl (C=O) groups excluding carboxylic acids is 1. The molecule has 1 amide bonds. The molecule has 0 atom stereocenters. The van der Waals surface area contributed by atoms with Crippen molar-refractivity contribution >= 4 is 33.2 Å². The number of sulfonamides is 1. The van der Waals surface area contributed by atoms with Gasteiger partial charge in [-0.1, -0.05) is 11.6 Å². The molecule has 2 aromatic carbocycles. The molecular weight excluding hydrogens is 383 g/mol. The molecule has 2 N–H and O–H groups in total. The van der Waals surface area contributed by atoms with E-state index in [2.05, 4.69) is 10.0 Å². The minimum atomic E-state index is -3.77. The van der Waals surface area contributed by atoms with E-state index in [1.807, 2.05) is 0 Å². The lowest BCUT2D eigenvalue weighted by Crippen LogP contribution is -2.30. The average molecular weight is 401 g/mol. The number of rotatable bonds is 6. The summed E-state index contributed by atoms with van der Waals surface area (Å²) in [5, 5.41) is 2.62. The van der Waals surface area contributed by atoms with Crippen LogP contribution in [0, 0.1) is 5.82 Å². The normalized spacial score (nSPS) is 11.5. The van der Waals surface area contributed by atoms with Crippen LogP contribution in [0.2, 0.25) is 5.02 Å². The van der Waals surface area contributed by atoms with Crippen LogP contribution in [0.5, 0.6) is 5.75 Å². The second-order valence-corrected chi connectivity index (χ2v) is 7.87. The second-order valence-electron chi connectivity index (χ2n) is 5.72. The Kier molecular flexibility index (Phi) is 6.22. The maximum atomic E-state index is 13.9. The van der Waals surface area contributed by atoms with Crippen molar-refractivity contribution in [2.45, 2.75) is 24.8 Å². The molecule has 0 aromatic heterocycles. The number of nitrogens with one attached hydrogen (secondary N) is 2. The van der Waals surface area contributed by atoms with E-state index < -0.39 is 21.7 Å². The van der Waals surface area contributed by atoms with E-state index in [1.54, 1.807) is 13.8 Å². The summed E-state index contributed by atoms with van der Waals surface area (Å²) in [4.78, 5) is 12.3. The van der Waals surface area contributed by atoms with Crippen molar-refractivity contribution in [1.29, 1.82) is 0 Å². The number of hydrogen-bond donors (Lipinski definition) is 2. The Morgan fingerprint density at radius 2 is 1.88 bits per heavy atom. The van der Waals surface area contributed by atoms with Gasteiger partial charge in [0.25, 0.3) is 5.91 Å². The van der Waals surface area contributed by atoms with E-state index in [0.29, 0.717) is 0 Å². The first kappa shape index (κ1) is 20.2. The molecular formula is C17H18ClFN2O4S. The molecule has 2 aromatic rings. The SMILES string of the molecule is COc1ccc(S(=O)(=O)NC(C)C)cc1NC(=O)c1ccc(Cl)cc1F. The van der Waals surface area contributed by atoms with Crippen molar-refractivity contribution in [3.8, 4) is 5.75 Å². The number of halogens is 2. The summed E-state index contributed by atoms with van der Waals surface area (Å²) < 4.78 is 46.1. The van der Waals surface area contributed by atoms with Gasteiger partial charge in [0, 0.05) is 11.1 Å². The number of anilines is 1. The topological polar surface area (TPSA) is 84.5 Å². The quantitative estimate of drug-likeness (QED) is 0.778. The molecule has 140 valence electrons. The highest BCUT2D eigenvalue weighted by molar-refractivity contribution is 7.89. The van der Waals surface area contributed by atoms with Crippen LogP contribution >= 0.6 is 11.6 Å². The number of carbonyl (C=O) groups is 1. The summed E-state index contributed by atoms with van der Waals surface area (Å²) in [7, 11) is -2.40. The Morgan fingerprint density at radius 3 is 2.46 bits per heavy atom. The summed E-state index contributed by atoms with van der Waals surface area (Å²) in [6.45, 7) is 3.38. The summed E-state index contributed by atoms with van der Waals surface area (Å²) in [5.74, 6) is -1.32. The van der Waals surface area contributed by atoms with Gasteiger partial charge in [-0.3, -0.25) is 4.79 Å². The molecule has 0 aliphatic heterocycles. The van der Waals surface area contributed by atoms with Crippen molar-refractivity contribution < 1.29 is 22.3 Å². The van der Waals surface area contributed by atoms with E-state index in [0.717, 1.165) is 6.07 Å². The predicted molar refractivity (Wildman–Crippen MR) is 97.8 cm³/mol. The average Bonchev–Trinajstić information content (AvgIpc) is 2.53. The third kappa shape index (κ3) is 4.72. The van der Waals surface area contributed by atoms with Gasteiger partial charge >= 0.3 is 0 Å². The highest BCUT2D eigenvalue weighted by Crippen LogP contribution is 2.28. The zero-order valence-corrected chi connectivity index (χ0v) is 15.9. The Labute approximate surface area is 156 Å². The Morgan fingerprint density at radius 1 is 1.19 bits per heavy atom. The van der Waals surface area contributed by atoms with Crippen LogP contribution in [0.15, 0.2) is 41.3 Å². The van der Waals surface area contributed by atoms with Gasteiger partial charge in [-0.2, -0.15) is 0 Å². The fraction of sp³-hybridized carbons (Fsp3) is 0.235. The predicted octanol–water partition coefficient (Wildman–Crippen LogP) is 3.43. The van der Waals surface area contributed by atoms with E-state index >= 15 is 0 Å². The zero-order chi connectivity index (χ0) is 19.5. The van der Waals surface area contributed by atoms with E-state index in [1.165, 1.54) is 37.4 Å². The molecule has 0 spiro atoms. The minimum absolute atomic E-state index is 0.0566. The summed E-state index contributed by atoms with van der Waals surface area (Å²) in [5.41, 5.74) is -0.136. The van der Waals surface area contributed by atoms with Crippen LogP contribution < -0.4 is 14.8 Å². The smallest absolute Gasteiger partial charge is 0.258 e. The summed E-state index contributed by atoms with van der Waals surface area (Å²) >= 11 is 5.68. The summed E-state index contributed by atoms with van der Waals surface area (Å²) in [6.07, 6.45) is 0. The molecule has 6 nitrogen and oxygen atoms in total. The number of amides is 1. The molecule has 9 heteroatoms. The molecule has 0 saturated heterocycles. The molecule has 2 rings (SSSR count). The lowest BCUT2D eigenvalue weighted by Gasteiger charge is -2.14. The number of benzene rings is 2. The van der Waals surface area contributed by atoms with Gasteiger partial charge < -0.3 is 10.1 Å². The Hall–Kier alpha value is -2.16. The highest BCUT2D eigenvalue weighted by Gasteiger charge is 2.20. The van der Waals surface area contributed by atoms with Gasteiger partial charge in [0.2, 0.25) is 10.0 Å². The van der Waals surface area contributed by atoms with Gasteiger partial charge in [0.05, 0.1) is 23.3 Å². The minimum Gasteiger partial charge on any atom is -0.495 e. The van der Waals surface area contributed by atoms with Gasteiger partial charge in [0.15, 0.2) is 0 Å². The first-order valence-corrected chi connectivity index (χ1v) is 9.47. The van der Waals surface area contributed by atoms with E-state index in [9.17, 15) is 17.6 Å². The van der Waals surface area contributed by atoms with Crippen molar-refractivity contribution in [3.05, 3.63) is 52.8 Å². The first-order valence-electron chi connectivity index (χ1n) is 7.61. The zero-order valence-electron chi connectivity index (χ0n) is 14.3. The molecule has 0 radical (unpaired) electrons. The van der Waals surface area contributed by atoms with Crippen LogP contribution in [-0.4, -0.2) is 27.5 Å². The Bertz CT molecular complexity index is 932. The lowest BCUT2D eigenvalue weighted by molar-refractivity contribution is 0.102. The van der Waals surface area contributed by atoms with Gasteiger partial charge in [-0.15, -0.1) is 0 Å². The molecule has 0 aliphatic rings. The maximum Gasteiger partial charge on any atom is 0.258 e. The standard InChI is InChI=1S/C17H18ClFN2O4S/c1-10(2)21-26(23,24)12-5-7-16(25-3)15(9-12)20-17(22)13-6-4-11(18)8-14(13)19/h4-10,21H,1-3H3,(H,20,22). The molecule has 0 aliphatic carbocycles. The molecule has 0 bridgehead atoms. The molecule has 0 unspecified atom stereocenters. The van der Waals surface area contributed by atoms with Crippen LogP contribution in [0.3, 0.4) is 0 Å². The maximum absolute atomic E-state index is 13.9. The van der Waals surface area contributed by atoms with Crippen LogP contribution in [0.1, 0.15) is 24.2 Å². The molecule has 26 heavy (non-hydrogen) atoms. The van der Waals surface area contributed by atoms with Crippen molar-refractivity contribution in [2.24, 2.45) is 0 Å². The monoisotopic (exact) mass is 400 g/mol. The van der Waals surface area contributed by atoms with E-state index in [-0.39, 0.29) is 33.0 Å². The number of methoxy groups -OCH3 is 1. The van der Waals surface area contributed by atoms with Crippen molar-refractivity contribution in [1.82, 2.24) is 4.72 Å². The fourth-order valence-electron chi connectivity index (χ4n) is 2.19. The Balaban J connectivity index is 2.38. The van der Waals surface area contributed by atoms with E-state index in [4.69, 9.17) is 16.3 Å². The van der Waals surface area contributed by atoms with Gasteiger partial charge in [-0.25, -0.2) is 17.5 Å². The van der Waals surface area contributed by atoms with Crippen molar-refractivity contribution in [3.63, 3.8) is 0 Å². The third-order valence-electron chi connectivity index (χ3n) is 3.30. The van der Waals surface area contributed by atoms with Crippen LogP contribution in [0.25, 0.3) is 0 Å². The fourth-order valence-corrected chi connectivity index (χ4v) is 3.63.